The molecule has 1 unspecified atom stereocenters. The Morgan fingerprint density at radius 1 is 0.895 bits per heavy atom. The predicted molar refractivity (Wildman–Crippen MR) is 142 cm³/mol. The van der Waals surface area contributed by atoms with Crippen LogP contribution >= 0.6 is 0 Å². The maximum Gasteiger partial charge on any atom is 0.333 e. The summed E-state index contributed by atoms with van der Waals surface area (Å²) >= 11 is 0. The van der Waals surface area contributed by atoms with Gasteiger partial charge in [0.05, 0.1) is 13.1 Å². The first-order chi connectivity index (χ1) is 17.9. The Labute approximate surface area is 234 Å². The third-order valence-electron chi connectivity index (χ3n) is 7.86. The number of benzene rings is 3. The number of hydrogen-bond donors (Lipinski definition) is 1. The topological polar surface area (TPSA) is 72.5 Å². The summed E-state index contributed by atoms with van der Waals surface area (Å²) in [6.45, 7) is 4.47. The van der Waals surface area contributed by atoms with Crippen molar-refractivity contribution < 1.29 is 40.6 Å². The van der Waals surface area contributed by atoms with Crippen molar-refractivity contribution in [3.05, 3.63) is 102 Å². The lowest BCUT2D eigenvalue weighted by Gasteiger charge is -2.51. The number of halogens is 1. The lowest BCUT2D eigenvalue weighted by Crippen LogP contribution is -3.00. The molecule has 3 aliphatic heterocycles. The van der Waals surface area contributed by atoms with Gasteiger partial charge in [0.1, 0.15) is 13.1 Å². The van der Waals surface area contributed by atoms with Crippen molar-refractivity contribution >= 4 is 23.2 Å². The molecule has 198 valence electrons. The molecule has 3 aliphatic rings. The van der Waals surface area contributed by atoms with E-state index >= 15 is 0 Å². The second-order valence-corrected chi connectivity index (χ2v) is 10.3. The largest absolute Gasteiger partial charge is 1.00 e. The van der Waals surface area contributed by atoms with Gasteiger partial charge in [0.25, 0.3) is 0 Å². The van der Waals surface area contributed by atoms with Gasteiger partial charge in [-0.2, -0.15) is 0 Å². The van der Waals surface area contributed by atoms with Crippen molar-refractivity contribution in [2.75, 3.05) is 31.5 Å². The molecule has 6 rings (SSSR count). The van der Waals surface area contributed by atoms with Gasteiger partial charge in [0, 0.05) is 35.6 Å². The number of ether oxygens (including phenoxy) is 1. The van der Waals surface area contributed by atoms with Crippen molar-refractivity contribution in [1.29, 1.82) is 0 Å². The van der Waals surface area contributed by atoms with Crippen molar-refractivity contribution in [2.24, 2.45) is 5.92 Å². The number of quaternary nitrogens is 1. The molecule has 0 spiro atoms. The number of carbonyl (C=O) groups excluding carboxylic acids is 3. The highest BCUT2D eigenvalue weighted by Gasteiger charge is 2.49. The van der Waals surface area contributed by atoms with Crippen molar-refractivity contribution in [3.8, 4) is 0 Å². The number of fused-ring (bicyclic) bond motifs is 3. The summed E-state index contributed by atoms with van der Waals surface area (Å²) in [5.74, 6) is -0.00145. The summed E-state index contributed by atoms with van der Waals surface area (Å²) in [4.78, 5) is 38.9. The van der Waals surface area contributed by atoms with E-state index in [0.717, 1.165) is 37.1 Å². The maximum atomic E-state index is 13.7. The van der Waals surface area contributed by atoms with Crippen LogP contribution < -0.4 is 22.3 Å². The monoisotopic (exact) mass is 576 g/mol. The maximum absolute atomic E-state index is 13.7. The molecule has 0 radical (unpaired) electrons. The molecule has 3 heterocycles. The molecular formula is C31H33BrN2O4. The third-order valence-corrected chi connectivity index (χ3v) is 7.86. The number of nitrogens with zero attached hydrogens (tertiary/aromatic N) is 1. The summed E-state index contributed by atoms with van der Waals surface area (Å²) < 4.78 is 6.88. The Balaban J connectivity index is 0.00000336. The smallest absolute Gasteiger partial charge is 0.333 e. The Bertz CT molecular complexity index is 1270. The van der Waals surface area contributed by atoms with Gasteiger partial charge >= 0.3 is 5.97 Å². The zero-order chi connectivity index (χ0) is 25.8. The van der Waals surface area contributed by atoms with Crippen LogP contribution in [0.1, 0.15) is 52.1 Å². The minimum Gasteiger partial charge on any atom is -1.00 e. The summed E-state index contributed by atoms with van der Waals surface area (Å²) in [5.41, 5.74) is 2.64. The van der Waals surface area contributed by atoms with Gasteiger partial charge in [-0.25, -0.2) is 4.79 Å². The molecule has 0 aromatic heterocycles. The Morgan fingerprint density at radius 3 is 2.16 bits per heavy atom. The summed E-state index contributed by atoms with van der Waals surface area (Å²) in [7, 11) is 0. The fraction of sp³-hybridized carbons (Fsp3) is 0.323. The van der Waals surface area contributed by atoms with Crippen LogP contribution in [0.15, 0.2) is 84.9 Å². The zero-order valence-electron chi connectivity index (χ0n) is 21.5. The number of nitrogens with one attached hydrogen (secondary N) is 1. The molecule has 0 aliphatic carbocycles. The molecule has 0 saturated carbocycles. The summed E-state index contributed by atoms with van der Waals surface area (Å²) in [6.07, 6.45) is 1.64. The number of piperidine rings is 3. The highest BCUT2D eigenvalue weighted by molar-refractivity contribution is 6.00. The summed E-state index contributed by atoms with van der Waals surface area (Å²) in [6, 6.07) is 25.3. The highest BCUT2D eigenvalue weighted by atomic mass is 79.9. The van der Waals surface area contributed by atoms with E-state index in [4.69, 9.17) is 4.74 Å². The van der Waals surface area contributed by atoms with Gasteiger partial charge < -0.3 is 31.5 Å². The zero-order valence-corrected chi connectivity index (χ0v) is 23.1. The molecule has 0 amide bonds. The molecule has 7 heteroatoms. The van der Waals surface area contributed by atoms with E-state index in [9.17, 15) is 14.4 Å². The van der Waals surface area contributed by atoms with E-state index in [1.54, 1.807) is 6.07 Å². The first-order valence-electron chi connectivity index (χ1n) is 13.0. The van der Waals surface area contributed by atoms with Crippen molar-refractivity contribution in [1.82, 2.24) is 0 Å². The normalized spacial score (nSPS) is 22.6. The van der Waals surface area contributed by atoms with Gasteiger partial charge in [-0.1, -0.05) is 72.8 Å². The number of para-hydroxylation sites is 1. The van der Waals surface area contributed by atoms with Crippen LogP contribution in [0.25, 0.3) is 0 Å². The first-order valence-corrected chi connectivity index (χ1v) is 13.0. The first kappa shape index (κ1) is 27.7. The fourth-order valence-corrected chi connectivity index (χ4v) is 5.81. The lowest BCUT2D eigenvalue weighted by atomic mass is 9.82. The second kappa shape index (κ2) is 12.0. The highest BCUT2D eigenvalue weighted by Crippen LogP contribution is 2.37. The van der Waals surface area contributed by atoms with Crippen molar-refractivity contribution in [3.63, 3.8) is 0 Å². The number of carbonyl (C=O) groups is 3. The number of rotatable bonds is 9. The number of esters is 1. The Morgan fingerprint density at radius 2 is 1.50 bits per heavy atom. The number of anilines is 1. The van der Waals surface area contributed by atoms with Crippen LogP contribution in [0.2, 0.25) is 0 Å². The number of ketones is 2. The van der Waals surface area contributed by atoms with E-state index < -0.39 is 6.04 Å². The minimum atomic E-state index is -0.753. The van der Waals surface area contributed by atoms with Gasteiger partial charge in [-0.05, 0) is 24.6 Å². The van der Waals surface area contributed by atoms with Crippen molar-refractivity contribution in [2.45, 2.75) is 31.9 Å². The van der Waals surface area contributed by atoms with Gasteiger partial charge in [0.2, 0.25) is 5.78 Å². The molecule has 3 fully saturated rings. The van der Waals surface area contributed by atoms with Crippen LogP contribution in [0.3, 0.4) is 0 Å². The SMILES string of the molecule is CC(=O)c1ccccc1NC(C(=O)O[C@H]1C[N+]2(CC(=O)c3ccccc3)CCC1CC2)c1ccccc1.[Br-]. The second-order valence-electron chi connectivity index (χ2n) is 10.3. The molecular weight excluding hydrogens is 544 g/mol. The van der Waals surface area contributed by atoms with Crippen LogP contribution in [0.4, 0.5) is 5.69 Å². The molecule has 1 N–H and O–H groups in total. The van der Waals surface area contributed by atoms with E-state index in [-0.39, 0.29) is 40.6 Å². The number of hydrogen-bond acceptors (Lipinski definition) is 5. The number of Topliss-reactive ketones (excluding diaryl/α,β-unsaturated/α-hetero) is 2. The molecule has 3 saturated heterocycles. The molecule has 6 nitrogen and oxygen atoms in total. The van der Waals surface area contributed by atoms with Gasteiger partial charge in [0.15, 0.2) is 17.9 Å². The molecule has 2 atom stereocenters. The van der Waals surface area contributed by atoms with Crippen LogP contribution in [-0.2, 0) is 9.53 Å². The predicted octanol–water partition coefficient (Wildman–Crippen LogP) is 2.08. The molecule has 38 heavy (non-hydrogen) atoms. The van der Waals surface area contributed by atoms with Crippen LogP contribution in [0.5, 0.6) is 0 Å². The molecule has 3 aromatic rings. The van der Waals surface area contributed by atoms with E-state index in [0.29, 0.717) is 34.7 Å². The van der Waals surface area contributed by atoms with E-state index in [1.807, 2.05) is 78.9 Å². The lowest BCUT2D eigenvalue weighted by molar-refractivity contribution is -0.938. The Kier molecular flexibility index (Phi) is 8.80. The average molecular weight is 578 g/mol. The third kappa shape index (κ3) is 6.05. The van der Waals surface area contributed by atoms with E-state index in [1.165, 1.54) is 6.92 Å². The van der Waals surface area contributed by atoms with Gasteiger partial charge in [-0.15, -0.1) is 0 Å². The minimum absolute atomic E-state index is 0. The van der Waals surface area contributed by atoms with Crippen LogP contribution in [0, 0.1) is 5.92 Å². The molecule has 3 aromatic carbocycles. The van der Waals surface area contributed by atoms with E-state index in [2.05, 4.69) is 5.32 Å². The quantitative estimate of drug-likeness (QED) is 0.240. The van der Waals surface area contributed by atoms with Gasteiger partial charge in [-0.3, -0.25) is 9.59 Å². The standard InChI is InChI=1S/C31H32N2O4.BrH/c1-22(34)26-14-8-9-15-27(26)32-30(25-12-6-3-7-13-25)31(36)37-29-21-33(18-16-24(29)17-19-33)20-28(35)23-10-4-2-5-11-23;/h2-15,24,29-30H,16-21H2,1H3;1H/t24?,29-,30?,33?;/m0./s1. The fourth-order valence-electron chi connectivity index (χ4n) is 5.81. The van der Waals surface area contributed by atoms with Crippen LogP contribution in [-0.4, -0.2) is 54.3 Å². The summed E-state index contributed by atoms with van der Waals surface area (Å²) in [5, 5.41) is 3.29. The average Bonchev–Trinajstić information content (AvgIpc) is 2.93. The Hall–Kier alpha value is -3.29. The molecule has 2 bridgehead atoms.